The Kier molecular flexibility index (Phi) is 7.48. The van der Waals surface area contributed by atoms with Crippen LogP contribution in [0.4, 0.5) is 4.79 Å². The Hall–Kier alpha value is -3.51. The molecule has 1 aliphatic heterocycles. The number of allylic oxidation sites excluding steroid dienone is 2. The van der Waals surface area contributed by atoms with Gasteiger partial charge in [0.2, 0.25) is 0 Å². The molecule has 3 heterocycles. The predicted molar refractivity (Wildman–Crippen MR) is 145 cm³/mol. The van der Waals surface area contributed by atoms with Crippen molar-refractivity contribution < 1.29 is 22.7 Å². The minimum Gasteiger partial charge on any atom is -0.444 e. The SMILES string of the molecule is C/C=C\C(=C(C)C)C(NC(=O)OC(C)(C)C)C(=O)N1Cc2cn(S(=O)(=O)c3ccc4ncsc4c3)nc2C1. The van der Waals surface area contributed by atoms with E-state index in [1.165, 1.54) is 23.6 Å². The lowest BCUT2D eigenvalue weighted by atomic mass is 10.0. The van der Waals surface area contributed by atoms with E-state index in [2.05, 4.69) is 15.4 Å². The zero-order valence-corrected chi connectivity index (χ0v) is 23.8. The summed E-state index contributed by atoms with van der Waals surface area (Å²) in [6, 6.07) is 3.78. The number of benzene rings is 1. The zero-order chi connectivity index (χ0) is 27.8. The van der Waals surface area contributed by atoms with Gasteiger partial charge in [-0.25, -0.2) is 9.78 Å². The van der Waals surface area contributed by atoms with Crippen molar-refractivity contribution in [2.24, 2.45) is 0 Å². The fourth-order valence-electron chi connectivity index (χ4n) is 4.12. The third-order valence-electron chi connectivity index (χ3n) is 5.86. The van der Waals surface area contributed by atoms with Gasteiger partial charge in [-0.2, -0.15) is 17.6 Å². The summed E-state index contributed by atoms with van der Waals surface area (Å²) in [6.07, 6.45) is 4.33. The van der Waals surface area contributed by atoms with E-state index in [1.54, 1.807) is 55.5 Å². The second kappa shape index (κ2) is 10.3. The van der Waals surface area contributed by atoms with Gasteiger partial charge in [0.05, 0.1) is 32.9 Å². The highest BCUT2D eigenvalue weighted by atomic mass is 32.2. The molecule has 3 aromatic rings. The second-order valence-electron chi connectivity index (χ2n) is 10.2. The van der Waals surface area contributed by atoms with Crippen molar-refractivity contribution in [2.45, 2.75) is 71.2 Å². The van der Waals surface area contributed by atoms with Crippen molar-refractivity contribution in [1.29, 1.82) is 0 Å². The molecule has 1 aromatic carbocycles. The third kappa shape index (κ3) is 5.65. The summed E-state index contributed by atoms with van der Waals surface area (Å²) in [4.78, 5) is 32.1. The average Bonchev–Trinajstić information content (AvgIpc) is 3.53. The highest BCUT2D eigenvalue weighted by Crippen LogP contribution is 2.28. The fourth-order valence-corrected chi connectivity index (χ4v) is 6.11. The maximum Gasteiger partial charge on any atom is 0.408 e. The molecule has 2 aromatic heterocycles. The molecule has 2 amide bonds. The van der Waals surface area contributed by atoms with Crippen molar-refractivity contribution >= 4 is 43.6 Å². The summed E-state index contributed by atoms with van der Waals surface area (Å²) in [7, 11) is -3.91. The van der Waals surface area contributed by atoms with Gasteiger partial charge in [0.25, 0.3) is 15.9 Å². The third-order valence-corrected chi connectivity index (χ3v) is 8.18. The minimum absolute atomic E-state index is 0.114. The summed E-state index contributed by atoms with van der Waals surface area (Å²) in [5.74, 6) is -0.340. The number of alkyl carbamates (subject to hydrolysis) is 1. The first-order valence-electron chi connectivity index (χ1n) is 12.0. The van der Waals surface area contributed by atoms with E-state index < -0.39 is 27.8 Å². The standard InChI is InChI=1S/C26H31N5O5S2/c1-7-8-19(16(2)3)23(28-25(33)36-26(4,5)6)24(32)30-12-17-13-31(29-21(17)14-30)38(34,35)18-9-10-20-22(11-18)37-15-27-20/h7-11,13,15,23H,12,14H2,1-6H3,(H,28,33)/b8-7-. The number of amides is 2. The largest absolute Gasteiger partial charge is 0.444 e. The molecule has 1 N–H and O–H groups in total. The number of rotatable bonds is 6. The van der Waals surface area contributed by atoms with Gasteiger partial charge in [-0.05, 0) is 65.3 Å². The van der Waals surface area contributed by atoms with Crippen LogP contribution in [0.2, 0.25) is 0 Å². The first-order chi connectivity index (χ1) is 17.8. The molecule has 1 aliphatic rings. The number of hydrogen-bond donors (Lipinski definition) is 1. The van der Waals surface area contributed by atoms with E-state index in [4.69, 9.17) is 4.74 Å². The number of aromatic nitrogens is 3. The summed E-state index contributed by atoms with van der Waals surface area (Å²) < 4.78 is 33.6. The number of ether oxygens (including phenoxy) is 1. The predicted octanol–water partition coefficient (Wildman–Crippen LogP) is 4.38. The van der Waals surface area contributed by atoms with E-state index in [1.807, 2.05) is 20.8 Å². The van der Waals surface area contributed by atoms with Gasteiger partial charge in [0.1, 0.15) is 11.6 Å². The Morgan fingerprint density at radius 1 is 1.21 bits per heavy atom. The molecule has 38 heavy (non-hydrogen) atoms. The molecule has 10 nitrogen and oxygen atoms in total. The lowest BCUT2D eigenvalue weighted by molar-refractivity contribution is -0.133. The zero-order valence-electron chi connectivity index (χ0n) is 22.2. The molecule has 1 atom stereocenters. The lowest BCUT2D eigenvalue weighted by Crippen LogP contribution is -2.49. The molecule has 4 rings (SSSR count). The highest BCUT2D eigenvalue weighted by Gasteiger charge is 2.35. The highest BCUT2D eigenvalue weighted by molar-refractivity contribution is 7.89. The Bertz CT molecular complexity index is 1530. The van der Waals surface area contributed by atoms with Gasteiger partial charge in [0.15, 0.2) is 0 Å². The van der Waals surface area contributed by atoms with Gasteiger partial charge in [0, 0.05) is 18.3 Å². The van der Waals surface area contributed by atoms with Crippen molar-refractivity contribution in [2.75, 3.05) is 0 Å². The van der Waals surface area contributed by atoms with Crippen LogP contribution in [0.1, 0.15) is 52.8 Å². The quantitative estimate of drug-likeness (QED) is 0.446. The number of carbonyl (C=O) groups is 2. The van der Waals surface area contributed by atoms with E-state index >= 15 is 0 Å². The molecule has 0 bridgehead atoms. The number of fused-ring (bicyclic) bond motifs is 2. The smallest absolute Gasteiger partial charge is 0.408 e. The molecule has 0 aliphatic carbocycles. The molecule has 12 heteroatoms. The van der Waals surface area contributed by atoms with Crippen LogP contribution >= 0.6 is 11.3 Å². The maximum absolute atomic E-state index is 13.7. The average molecular weight is 558 g/mol. The molecule has 0 saturated carbocycles. The summed E-state index contributed by atoms with van der Waals surface area (Å²) in [5.41, 5.74) is 4.30. The first kappa shape index (κ1) is 27.5. The van der Waals surface area contributed by atoms with Crippen LogP contribution in [0, 0.1) is 0 Å². The molecule has 0 saturated heterocycles. The number of carbonyl (C=O) groups excluding carboxylic acids is 2. The second-order valence-corrected chi connectivity index (χ2v) is 12.9. The Morgan fingerprint density at radius 2 is 1.95 bits per heavy atom. The Balaban J connectivity index is 1.57. The topological polar surface area (TPSA) is 123 Å². The van der Waals surface area contributed by atoms with E-state index in [9.17, 15) is 18.0 Å². The van der Waals surface area contributed by atoms with Crippen molar-refractivity contribution in [1.82, 2.24) is 24.4 Å². The van der Waals surface area contributed by atoms with Crippen molar-refractivity contribution in [3.63, 3.8) is 0 Å². The Morgan fingerprint density at radius 3 is 2.58 bits per heavy atom. The molecule has 202 valence electrons. The fraction of sp³-hybridized carbons (Fsp3) is 0.385. The normalized spacial score (nSPS) is 14.5. The van der Waals surface area contributed by atoms with Gasteiger partial charge < -0.3 is 15.0 Å². The van der Waals surface area contributed by atoms with Crippen molar-refractivity contribution in [3.8, 4) is 0 Å². The number of thiazole rings is 1. The first-order valence-corrected chi connectivity index (χ1v) is 14.4. The molecule has 0 spiro atoms. The van der Waals surface area contributed by atoms with E-state index in [0.29, 0.717) is 16.8 Å². The maximum atomic E-state index is 13.7. The van der Waals surface area contributed by atoms with Crippen LogP contribution in [-0.2, 0) is 32.6 Å². The number of nitrogens with one attached hydrogen (secondary N) is 1. The van der Waals surface area contributed by atoms with Gasteiger partial charge in [-0.3, -0.25) is 4.79 Å². The lowest BCUT2D eigenvalue weighted by Gasteiger charge is -2.27. The van der Waals surface area contributed by atoms with E-state index in [-0.39, 0.29) is 23.9 Å². The van der Waals surface area contributed by atoms with Crippen LogP contribution in [0.15, 0.2) is 58.1 Å². The van der Waals surface area contributed by atoms with Crippen LogP contribution in [0.5, 0.6) is 0 Å². The van der Waals surface area contributed by atoms with Crippen molar-refractivity contribution in [3.05, 3.63) is 64.5 Å². The summed E-state index contributed by atoms with van der Waals surface area (Å²) in [6.45, 7) is 11.1. The number of nitrogens with zero attached hydrogens (tertiary/aromatic N) is 4. The Labute approximate surface area is 226 Å². The monoisotopic (exact) mass is 557 g/mol. The van der Waals surface area contributed by atoms with Crippen LogP contribution in [-0.4, -0.2) is 51.1 Å². The molecule has 1 unspecified atom stereocenters. The molecule has 0 radical (unpaired) electrons. The molecule has 0 fully saturated rings. The van der Waals surface area contributed by atoms with Crippen LogP contribution < -0.4 is 5.32 Å². The van der Waals surface area contributed by atoms with Gasteiger partial charge in [-0.1, -0.05) is 17.7 Å². The molecular formula is C26H31N5O5S2. The molecular weight excluding hydrogens is 526 g/mol. The van der Waals surface area contributed by atoms with Crippen LogP contribution in [0.3, 0.4) is 0 Å². The number of hydrogen-bond acceptors (Lipinski definition) is 8. The van der Waals surface area contributed by atoms with Crippen LogP contribution in [0.25, 0.3) is 10.2 Å². The summed E-state index contributed by atoms with van der Waals surface area (Å²) >= 11 is 1.36. The van der Waals surface area contributed by atoms with Gasteiger partial charge in [-0.15, -0.1) is 11.3 Å². The minimum atomic E-state index is -3.91. The van der Waals surface area contributed by atoms with Gasteiger partial charge >= 0.3 is 6.09 Å². The summed E-state index contributed by atoms with van der Waals surface area (Å²) in [5, 5.41) is 7.03. The van der Waals surface area contributed by atoms with E-state index in [0.717, 1.165) is 19.9 Å².